The van der Waals surface area contributed by atoms with Gasteiger partial charge in [0, 0.05) is 11.0 Å². The van der Waals surface area contributed by atoms with Crippen LogP contribution >= 0.6 is 12.4 Å². The van der Waals surface area contributed by atoms with Gasteiger partial charge in [-0.2, -0.15) is 0 Å². The molecule has 4 rings (SSSR count). The van der Waals surface area contributed by atoms with Crippen LogP contribution in [-0.4, -0.2) is 18.8 Å². The fraction of sp³-hybridized carbons (Fsp3) is 0.500. The molecular formula is C12H16ClNO. The quantitative estimate of drug-likeness (QED) is 0.792. The summed E-state index contributed by atoms with van der Waals surface area (Å²) in [5.41, 5.74) is 7.73. The summed E-state index contributed by atoms with van der Waals surface area (Å²) in [5.74, 6) is 0. The van der Waals surface area contributed by atoms with Crippen LogP contribution in [0, 0.1) is 0 Å². The normalized spacial score (nSPS) is 37.7. The Bertz CT molecular complexity index is 346. The maximum atomic E-state index is 6.14. The van der Waals surface area contributed by atoms with E-state index in [2.05, 4.69) is 30.3 Å². The topological polar surface area (TPSA) is 35.2 Å². The van der Waals surface area contributed by atoms with Gasteiger partial charge in [0.2, 0.25) is 0 Å². The Morgan fingerprint density at radius 3 is 2.33 bits per heavy atom. The SMILES string of the molecule is Cl.NC12COCC(c3ccccc3)(C1)C2. The summed E-state index contributed by atoms with van der Waals surface area (Å²) in [6.07, 6.45) is 2.17. The third-order valence-corrected chi connectivity index (χ3v) is 3.53. The predicted octanol–water partition coefficient (Wildman–Crippen LogP) is 1.87. The first-order valence-corrected chi connectivity index (χ1v) is 5.15. The Hall–Kier alpha value is -0.570. The summed E-state index contributed by atoms with van der Waals surface area (Å²) in [4.78, 5) is 0. The van der Waals surface area contributed by atoms with E-state index in [4.69, 9.17) is 10.5 Å². The first kappa shape index (κ1) is 10.9. The van der Waals surface area contributed by atoms with Gasteiger partial charge in [0.1, 0.15) is 0 Å². The van der Waals surface area contributed by atoms with Crippen molar-refractivity contribution in [3.63, 3.8) is 0 Å². The Balaban J connectivity index is 0.000000853. The number of halogens is 1. The van der Waals surface area contributed by atoms with Gasteiger partial charge in [0.15, 0.2) is 0 Å². The van der Waals surface area contributed by atoms with Crippen molar-refractivity contribution in [1.82, 2.24) is 0 Å². The Morgan fingerprint density at radius 1 is 1.07 bits per heavy atom. The summed E-state index contributed by atoms with van der Waals surface area (Å²) in [7, 11) is 0. The lowest BCUT2D eigenvalue weighted by molar-refractivity contribution is -0.101. The van der Waals surface area contributed by atoms with Crippen molar-refractivity contribution in [2.24, 2.45) is 5.73 Å². The molecule has 0 unspecified atom stereocenters. The number of fused-ring (bicyclic) bond motifs is 2. The van der Waals surface area contributed by atoms with Crippen molar-refractivity contribution in [2.75, 3.05) is 13.2 Å². The minimum atomic E-state index is -0.0336. The van der Waals surface area contributed by atoms with Crippen LogP contribution in [0.4, 0.5) is 0 Å². The van der Waals surface area contributed by atoms with Crippen LogP contribution in [0.5, 0.6) is 0 Å². The molecule has 2 nitrogen and oxygen atoms in total. The third-order valence-electron chi connectivity index (χ3n) is 3.53. The maximum absolute atomic E-state index is 6.14. The standard InChI is InChI=1S/C12H15NO.ClH/c13-12-6-11(7-12,8-14-9-12)10-4-2-1-3-5-10;/h1-5H,6-9,13H2;1H. The highest BCUT2D eigenvalue weighted by Crippen LogP contribution is 2.52. The highest BCUT2D eigenvalue weighted by Gasteiger charge is 2.56. The minimum Gasteiger partial charge on any atom is -0.379 e. The molecule has 1 aromatic carbocycles. The lowest BCUT2D eigenvalue weighted by atomic mass is 9.54. The van der Waals surface area contributed by atoms with Crippen molar-refractivity contribution in [3.05, 3.63) is 35.9 Å². The van der Waals surface area contributed by atoms with E-state index in [0.29, 0.717) is 0 Å². The molecule has 3 aliphatic rings. The molecule has 0 spiro atoms. The molecule has 0 radical (unpaired) electrons. The number of hydrogen-bond donors (Lipinski definition) is 1. The van der Waals surface area contributed by atoms with Gasteiger partial charge in [0.25, 0.3) is 0 Å². The van der Waals surface area contributed by atoms with E-state index in [1.165, 1.54) is 5.56 Å². The van der Waals surface area contributed by atoms with Crippen molar-refractivity contribution >= 4 is 12.4 Å². The molecule has 2 bridgehead atoms. The van der Waals surface area contributed by atoms with Gasteiger partial charge in [-0.15, -0.1) is 12.4 Å². The summed E-state index contributed by atoms with van der Waals surface area (Å²) in [6, 6.07) is 10.6. The van der Waals surface area contributed by atoms with Gasteiger partial charge in [-0.05, 0) is 18.4 Å². The molecule has 15 heavy (non-hydrogen) atoms. The van der Waals surface area contributed by atoms with Crippen molar-refractivity contribution < 1.29 is 4.74 Å². The zero-order valence-corrected chi connectivity index (χ0v) is 9.43. The highest BCUT2D eigenvalue weighted by atomic mass is 35.5. The van der Waals surface area contributed by atoms with Gasteiger partial charge < -0.3 is 10.5 Å². The van der Waals surface area contributed by atoms with Gasteiger partial charge in [0.05, 0.1) is 13.2 Å². The molecule has 3 fully saturated rings. The zero-order chi connectivity index (χ0) is 9.65. The lowest BCUT2D eigenvalue weighted by Gasteiger charge is -2.58. The third kappa shape index (κ3) is 1.57. The molecular weight excluding hydrogens is 210 g/mol. The van der Waals surface area contributed by atoms with E-state index in [9.17, 15) is 0 Å². The summed E-state index contributed by atoms with van der Waals surface area (Å²) in [5, 5.41) is 0. The molecule has 1 aliphatic carbocycles. The summed E-state index contributed by atoms with van der Waals surface area (Å²) < 4.78 is 5.57. The second-order valence-electron chi connectivity index (χ2n) is 4.86. The Kier molecular flexibility index (Phi) is 2.53. The number of benzene rings is 1. The molecule has 82 valence electrons. The molecule has 1 saturated carbocycles. The fourth-order valence-electron chi connectivity index (χ4n) is 3.03. The fourth-order valence-corrected chi connectivity index (χ4v) is 3.03. The second kappa shape index (κ2) is 3.48. The first-order chi connectivity index (χ1) is 6.73. The molecule has 1 aromatic rings. The van der Waals surface area contributed by atoms with Crippen LogP contribution in [-0.2, 0) is 10.2 Å². The summed E-state index contributed by atoms with van der Waals surface area (Å²) >= 11 is 0. The number of ether oxygens (including phenoxy) is 1. The monoisotopic (exact) mass is 225 g/mol. The molecule has 3 heteroatoms. The van der Waals surface area contributed by atoms with Crippen LogP contribution in [0.3, 0.4) is 0 Å². The maximum Gasteiger partial charge on any atom is 0.0647 e. The molecule has 0 atom stereocenters. The molecule has 2 saturated heterocycles. The van der Waals surface area contributed by atoms with E-state index in [-0.39, 0.29) is 23.4 Å². The van der Waals surface area contributed by atoms with E-state index in [0.717, 1.165) is 26.1 Å². The Labute approximate surface area is 96.2 Å². The molecule has 0 amide bonds. The molecule has 2 N–H and O–H groups in total. The zero-order valence-electron chi connectivity index (χ0n) is 8.61. The minimum absolute atomic E-state index is 0. The molecule has 2 heterocycles. The van der Waals surface area contributed by atoms with Gasteiger partial charge in [-0.25, -0.2) is 0 Å². The van der Waals surface area contributed by atoms with E-state index >= 15 is 0 Å². The van der Waals surface area contributed by atoms with Crippen LogP contribution in [0.25, 0.3) is 0 Å². The average molecular weight is 226 g/mol. The van der Waals surface area contributed by atoms with Gasteiger partial charge in [-0.3, -0.25) is 0 Å². The van der Waals surface area contributed by atoms with Crippen LogP contribution < -0.4 is 5.73 Å². The van der Waals surface area contributed by atoms with E-state index in [1.54, 1.807) is 0 Å². The first-order valence-electron chi connectivity index (χ1n) is 5.15. The second-order valence-corrected chi connectivity index (χ2v) is 4.86. The van der Waals surface area contributed by atoms with Crippen LogP contribution in [0.2, 0.25) is 0 Å². The smallest absolute Gasteiger partial charge is 0.0647 e. The van der Waals surface area contributed by atoms with Crippen molar-refractivity contribution in [1.29, 1.82) is 0 Å². The lowest BCUT2D eigenvalue weighted by Crippen LogP contribution is -2.68. The number of nitrogens with two attached hydrogens (primary N) is 1. The Morgan fingerprint density at radius 2 is 1.73 bits per heavy atom. The largest absolute Gasteiger partial charge is 0.379 e. The summed E-state index contributed by atoms with van der Waals surface area (Å²) in [6.45, 7) is 1.58. The predicted molar refractivity (Wildman–Crippen MR) is 62.3 cm³/mol. The van der Waals surface area contributed by atoms with Gasteiger partial charge in [-0.1, -0.05) is 30.3 Å². The van der Waals surface area contributed by atoms with Crippen molar-refractivity contribution in [3.8, 4) is 0 Å². The highest BCUT2D eigenvalue weighted by molar-refractivity contribution is 5.85. The molecule has 2 aliphatic heterocycles. The number of rotatable bonds is 1. The van der Waals surface area contributed by atoms with E-state index in [1.807, 2.05) is 0 Å². The number of hydrogen-bond acceptors (Lipinski definition) is 2. The van der Waals surface area contributed by atoms with Crippen molar-refractivity contribution in [2.45, 2.75) is 23.8 Å². The van der Waals surface area contributed by atoms with E-state index < -0.39 is 0 Å². The average Bonchev–Trinajstić information content (AvgIpc) is 2.18. The van der Waals surface area contributed by atoms with Crippen LogP contribution in [0.1, 0.15) is 18.4 Å². The van der Waals surface area contributed by atoms with Gasteiger partial charge >= 0.3 is 0 Å². The molecule has 0 aromatic heterocycles. The van der Waals surface area contributed by atoms with Crippen LogP contribution in [0.15, 0.2) is 30.3 Å².